The number of nitrogens with one attached hydrogen (secondary N) is 1. The van der Waals surface area contributed by atoms with Crippen LogP contribution < -0.4 is 5.32 Å². The minimum Gasteiger partial charge on any atom is -0.355 e. The molecule has 3 amide bonds. The first-order valence-electron chi connectivity index (χ1n) is 10.3. The SMILES string of the molecule is Cc1ccc(C(/C=C2\CC(=O)N(Cc3ccccc3)C2=O)C(=O)NCC(C)C)cc1. The Labute approximate surface area is 177 Å². The van der Waals surface area contributed by atoms with Crippen LogP contribution in [0, 0.1) is 12.8 Å². The molecule has 0 spiro atoms. The van der Waals surface area contributed by atoms with Gasteiger partial charge in [0.1, 0.15) is 0 Å². The molecular formula is C25H28N2O3. The minimum absolute atomic E-state index is 0.0193. The van der Waals surface area contributed by atoms with Crippen LogP contribution in [-0.4, -0.2) is 29.2 Å². The minimum atomic E-state index is -0.618. The molecule has 0 bridgehead atoms. The maximum absolute atomic E-state index is 12.9. The average Bonchev–Trinajstić information content (AvgIpc) is 2.99. The van der Waals surface area contributed by atoms with Crippen LogP contribution >= 0.6 is 0 Å². The zero-order chi connectivity index (χ0) is 21.7. The lowest BCUT2D eigenvalue weighted by Crippen LogP contribution is -2.32. The van der Waals surface area contributed by atoms with E-state index in [2.05, 4.69) is 5.32 Å². The molecule has 2 aromatic rings. The lowest BCUT2D eigenvalue weighted by Gasteiger charge is -2.17. The third-order valence-electron chi connectivity index (χ3n) is 5.12. The van der Waals surface area contributed by atoms with Crippen molar-refractivity contribution in [1.82, 2.24) is 10.2 Å². The molecule has 30 heavy (non-hydrogen) atoms. The molecule has 0 aliphatic carbocycles. The summed E-state index contributed by atoms with van der Waals surface area (Å²) in [5, 5.41) is 2.95. The van der Waals surface area contributed by atoms with Crippen LogP contribution in [0.15, 0.2) is 66.2 Å². The van der Waals surface area contributed by atoms with E-state index in [9.17, 15) is 14.4 Å². The lowest BCUT2D eigenvalue weighted by atomic mass is 9.94. The first kappa shape index (κ1) is 21.5. The zero-order valence-corrected chi connectivity index (χ0v) is 17.7. The molecule has 3 rings (SSSR count). The molecule has 1 saturated heterocycles. The van der Waals surface area contributed by atoms with Crippen molar-refractivity contribution in [3.63, 3.8) is 0 Å². The quantitative estimate of drug-likeness (QED) is 0.565. The summed E-state index contributed by atoms with van der Waals surface area (Å²) in [5.41, 5.74) is 3.16. The Kier molecular flexibility index (Phi) is 6.83. The number of imide groups is 1. The van der Waals surface area contributed by atoms with Gasteiger partial charge in [0.05, 0.1) is 18.9 Å². The molecule has 0 saturated carbocycles. The smallest absolute Gasteiger partial charge is 0.256 e. The number of nitrogens with zero attached hydrogens (tertiary/aromatic N) is 1. The van der Waals surface area contributed by atoms with Crippen LogP contribution in [0.4, 0.5) is 0 Å². The monoisotopic (exact) mass is 404 g/mol. The van der Waals surface area contributed by atoms with Gasteiger partial charge in [0.25, 0.3) is 5.91 Å². The lowest BCUT2D eigenvalue weighted by molar-refractivity contribution is -0.138. The van der Waals surface area contributed by atoms with Crippen LogP contribution in [-0.2, 0) is 20.9 Å². The van der Waals surface area contributed by atoms with Crippen molar-refractivity contribution in [3.05, 3.63) is 82.9 Å². The van der Waals surface area contributed by atoms with E-state index in [1.165, 1.54) is 4.90 Å². The maximum atomic E-state index is 12.9. The molecule has 1 unspecified atom stereocenters. The summed E-state index contributed by atoms with van der Waals surface area (Å²) < 4.78 is 0. The molecule has 0 radical (unpaired) electrons. The Morgan fingerprint density at radius 2 is 1.73 bits per heavy atom. The van der Waals surface area contributed by atoms with E-state index in [1.54, 1.807) is 6.08 Å². The molecule has 156 valence electrons. The van der Waals surface area contributed by atoms with Gasteiger partial charge < -0.3 is 5.32 Å². The van der Waals surface area contributed by atoms with Crippen LogP contribution in [0.2, 0.25) is 0 Å². The first-order chi connectivity index (χ1) is 14.3. The number of carbonyl (C=O) groups is 3. The van der Waals surface area contributed by atoms with Gasteiger partial charge in [-0.05, 0) is 24.0 Å². The highest BCUT2D eigenvalue weighted by molar-refractivity contribution is 6.13. The molecule has 1 atom stereocenters. The molecule has 5 heteroatoms. The van der Waals surface area contributed by atoms with Gasteiger partial charge in [0.2, 0.25) is 11.8 Å². The van der Waals surface area contributed by atoms with Crippen molar-refractivity contribution in [2.45, 2.75) is 39.7 Å². The second kappa shape index (κ2) is 9.53. The first-order valence-corrected chi connectivity index (χ1v) is 10.3. The van der Waals surface area contributed by atoms with Gasteiger partial charge in [-0.3, -0.25) is 19.3 Å². The van der Waals surface area contributed by atoms with Gasteiger partial charge >= 0.3 is 0 Å². The third kappa shape index (κ3) is 5.23. The predicted molar refractivity (Wildman–Crippen MR) is 116 cm³/mol. The second-order valence-electron chi connectivity index (χ2n) is 8.17. The molecule has 2 aromatic carbocycles. The van der Waals surface area contributed by atoms with E-state index in [0.717, 1.165) is 16.7 Å². The van der Waals surface area contributed by atoms with E-state index in [-0.39, 0.29) is 30.7 Å². The summed E-state index contributed by atoms with van der Waals surface area (Å²) in [5.74, 6) is -1.02. The topological polar surface area (TPSA) is 66.5 Å². The molecule has 1 aliphatic rings. The Bertz CT molecular complexity index is 946. The highest BCUT2D eigenvalue weighted by Gasteiger charge is 2.35. The van der Waals surface area contributed by atoms with Crippen molar-refractivity contribution >= 4 is 17.7 Å². The molecule has 5 nitrogen and oxygen atoms in total. The van der Waals surface area contributed by atoms with Crippen molar-refractivity contribution in [3.8, 4) is 0 Å². The number of benzene rings is 2. The molecule has 0 aromatic heterocycles. The molecule has 1 heterocycles. The van der Waals surface area contributed by atoms with E-state index in [4.69, 9.17) is 0 Å². The van der Waals surface area contributed by atoms with Gasteiger partial charge in [-0.15, -0.1) is 0 Å². The number of amides is 3. The summed E-state index contributed by atoms with van der Waals surface area (Å²) in [6.45, 7) is 6.83. The largest absolute Gasteiger partial charge is 0.355 e. The highest BCUT2D eigenvalue weighted by Crippen LogP contribution is 2.27. The van der Waals surface area contributed by atoms with E-state index in [1.807, 2.05) is 75.4 Å². The predicted octanol–water partition coefficient (Wildman–Crippen LogP) is 3.74. The summed E-state index contributed by atoms with van der Waals surface area (Å²) in [7, 11) is 0. The Balaban J connectivity index is 1.86. The number of aryl methyl sites for hydroxylation is 1. The van der Waals surface area contributed by atoms with Crippen molar-refractivity contribution < 1.29 is 14.4 Å². The number of carbonyl (C=O) groups excluding carboxylic acids is 3. The van der Waals surface area contributed by atoms with Crippen LogP contribution in [0.3, 0.4) is 0 Å². The average molecular weight is 405 g/mol. The van der Waals surface area contributed by atoms with Gasteiger partial charge in [-0.1, -0.05) is 80.1 Å². The fourth-order valence-electron chi connectivity index (χ4n) is 3.39. The number of hydrogen-bond acceptors (Lipinski definition) is 3. The zero-order valence-electron chi connectivity index (χ0n) is 17.7. The van der Waals surface area contributed by atoms with Crippen LogP contribution in [0.1, 0.15) is 42.9 Å². The second-order valence-corrected chi connectivity index (χ2v) is 8.17. The highest BCUT2D eigenvalue weighted by atomic mass is 16.2. The summed E-state index contributed by atoms with van der Waals surface area (Å²) in [4.78, 5) is 39.6. The van der Waals surface area contributed by atoms with E-state index >= 15 is 0 Å². The summed E-state index contributed by atoms with van der Waals surface area (Å²) in [6, 6.07) is 17.1. The fourth-order valence-corrected chi connectivity index (χ4v) is 3.39. The normalized spacial score (nSPS) is 16.4. The van der Waals surface area contributed by atoms with Crippen molar-refractivity contribution in [1.29, 1.82) is 0 Å². The van der Waals surface area contributed by atoms with Crippen LogP contribution in [0.5, 0.6) is 0 Å². The van der Waals surface area contributed by atoms with Crippen LogP contribution in [0.25, 0.3) is 0 Å². The Morgan fingerprint density at radius 3 is 2.37 bits per heavy atom. The van der Waals surface area contributed by atoms with E-state index < -0.39 is 5.92 Å². The van der Waals surface area contributed by atoms with Gasteiger partial charge in [-0.25, -0.2) is 0 Å². The van der Waals surface area contributed by atoms with Gasteiger partial charge in [-0.2, -0.15) is 0 Å². The standard InChI is InChI=1S/C25H28N2O3/c1-17(2)15-26-24(29)22(20-11-9-18(3)10-12-20)13-21-14-23(28)27(25(21)30)16-19-7-5-4-6-8-19/h4-13,17,22H,14-16H2,1-3H3,(H,26,29)/b21-13+. The number of rotatable bonds is 7. The molecule has 1 N–H and O–H groups in total. The van der Waals surface area contributed by atoms with Crippen molar-refractivity contribution in [2.24, 2.45) is 5.92 Å². The fraction of sp³-hybridized carbons (Fsp3) is 0.320. The molecule has 1 aliphatic heterocycles. The number of likely N-dealkylation sites (tertiary alicyclic amines) is 1. The molecule has 1 fully saturated rings. The Hall–Kier alpha value is -3.21. The van der Waals surface area contributed by atoms with Gasteiger partial charge in [0.15, 0.2) is 0 Å². The Morgan fingerprint density at radius 1 is 1.07 bits per heavy atom. The van der Waals surface area contributed by atoms with E-state index in [0.29, 0.717) is 18.0 Å². The summed E-state index contributed by atoms with van der Waals surface area (Å²) >= 11 is 0. The van der Waals surface area contributed by atoms with Gasteiger partial charge in [0, 0.05) is 12.1 Å². The van der Waals surface area contributed by atoms with Crippen molar-refractivity contribution in [2.75, 3.05) is 6.54 Å². The molecular weight excluding hydrogens is 376 g/mol. The number of hydrogen-bond donors (Lipinski definition) is 1. The summed E-state index contributed by atoms with van der Waals surface area (Å²) in [6.07, 6.45) is 1.68. The third-order valence-corrected chi connectivity index (χ3v) is 5.12. The maximum Gasteiger partial charge on any atom is 0.256 e.